The zero-order chi connectivity index (χ0) is 13.8. The normalized spacial score (nSPS) is 13.7. The smallest absolute Gasteiger partial charge is 0.123 e. The number of halogens is 1. The molecular weight excluding hydrogens is 229 g/mol. The summed E-state index contributed by atoms with van der Waals surface area (Å²) in [5.41, 5.74) is 1.92. The van der Waals surface area contributed by atoms with E-state index in [-0.39, 0.29) is 17.5 Å². The van der Waals surface area contributed by atoms with E-state index in [4.69, 9.17) is 4.74 Å². The van der Waals surface area contributed by atoms with Crippen LogP contribution in [-0.4, -0.2) is 19.3 Å². The lowest BCUT2D eigenvalue weighted by Gasteiger charge is -2.30. The minimum atomic E-state index is -0.201. The lowest BCUT2D eigenvalue weighted by molar-refractivity contribution is 0.00693. The second-order valence-corrected chi connectivity index (χ2v) is 5.28. The Kier molecular flexibility index (Phi) is 5.29. The summed E-state index contributed by atoms with van der Waals surface area (Å²) in [6.07, 6.45) is 0.851. The summed E-state index contributed by atoms with van der Waals surface area (Å²) in [4.78, 5) is 0. The maximum atomic E-state index is 13.2. The summed E-state index contributed by atoms with van der Waals surface area (Å²) in [6.45, 7) is 9.03. The standard InChI is InChI=1S/C15H24FNO/c1-6-17-14(10-15(3,4)18-5)13-8-7-12(16)9-11(13)2/h7-9,14,17H,6,10H2,1-5H3. The number of methoxy groups -OCH3 is 1. The van der Waals surface area contributed by atoms with Crippen molar-refractivity contribution in [3.8, 4) is 0 Å². The molecule has 0 fully saturated rings. The van der Waals surface area contributed by atoms with E-state index in [1.165, 1.54) is 6.07 Å². The molecule has 1 aromatic rings. The van der Waals surface area contributed by atoms with Gasteiger partial charge in [-0.3, -0.25) is 0 Å². The number of hydrogen-bond donors (Lipinski definition) is 1. The van der Waals surface area contributed by atoms with Crippen LogP contribution in [0.2, 0.25) is 0 Å². The third kappa shape index (κ3) is 4.07. The summed E-state index contributed by atoms with van der Waals surface area (Å²) >= 11 is 0. The van der Waals surface area contributed by atoms with Gasteiger partial charge in [0.15, 0.2) is 0 Å². The van der Waals surface area contributed by atoms with Gasteiger partial charge in [0.25, 0.3) is 0 Å². The Labute approximate surface area is 110 Å². The molecule has 0 bridgehead atoms. The first-order valence-electron chi connectivity index (χ1n) is 6.44. The molecule has 0 saturated carbocycles. The first-order valence-corrected chi connectivity index (χ1v) is 6.44. The van der Waals surface area contributed by atoms with Crippen LogP contribution in [0.25, 0.3) is 0 Å². The zero-order valence-electron chi connectivity index (χ0n) is 12.0. The van der Waals surface area contributed by atoms with E-state index in [9.17, 15) is 4.39 Å². The van der Waals surface area contributed by atoms with Crippen LogP contribution < -0.4 is 5.32 Å². The lowest BCUT2D eigenvalue weighted by atomic mass is 9.91. The molecule has 102 valence electrons. The molecule has 18 heavy (non-hydrogen) atoms. The third-order valence-corrected chi connectivity index (χ3v) is 3.31. The van der Waals surface area contributed by atoms with Crippen LogP contribution in [0.3, 0.4) is 0 Å². The van der Waals surface area contributed by atoms with Crippen molar-refractivity contribution in [2.24, 2.45) is 0 Å². The van der Waals surface area contributed by atoms with Crippen LogP contribution >= 0.6 is 0 Å². The van der Waals surface area contributed by atoms with Crippen LogP contribution in [0.5, 0.6) is 0 Å². The molecule has 1 N–H and O–H groups in total. The molecule has 1 atom stereocenters. The van der Waals surface area contributed by atoms with Crippen molar-refractivity contribution in [2.75, 3.05) is 13.7 Å². The van der Waals surface area contributed by atoms with Crippen molar-refractivity contribution in [3.05, 3.63) is 35.1 Å². The predicted octanol–water partition coefficient (Wildman–Crippen LogP) is 3.60. The van der Waals surface area contributed by atoms with Crippen molar-refractivity contribution in [3.63, 3.8) is 0 Å². The van der Waals surface area contributed by atoms with Gasteiger partial charge in [-0.1, -0.05) is 13.0 Å². The Balaban J connectivity index is 2.97. The summed E-state index contributed by atoms with van der Waals surface area (Å²) in [7, 11) is 1.72. The Hall–Kier alpha value is -0.930. The fraction of sp³-hybridized carbons (Fsp3) is 0.600. The van der Waals surface area contributed by atoms with Gasteiger partial charge >= 0.3 is 0 Å². The molecule has 0 radical (unpaired) electrons. The number of hydrogen-bond acceptors (Lipinski definition) is 2. The molecular formula is C15H24FNO. The monoisotopic (exact) mass is 253 g/mol. The largest absolute Gasteiger partial charge is 0.379 e. The van der Waals surface area contributed by atoms with Gasteiger partial charge in [0.05, 0.1) is 5.60 Å². The number of benzene rings is 1. The second kappa shape index (κ2) is 6.30. The van der Waals surface area contributed by atoms with Gasteiger partial charge < -0.3 is 10.1 Å². The first kappa shape index (κ1) is 15.1. The SMILES string of the molecule is CCNC(CC(C)(C)OC)c1ccc(F)cc1C. The van der Waals surface area contributed by atoms with Gasteiger partial charge in [-0.15, -0.1) is 0 Å². The Morgan fingerprint density at radius 2 is 2.06 bits per heavy atom. The van der Waals surface area contributed by atoms with Crippen molar-refractivity contribution < 1.29 is 9.13 Å². The molecule has 0 aliphatic heterocycles. The van der Waals surface area contributed by atoms with E-state index in [2.05, 4.69) is 26.1 Å². The molecule has 3 heteroatoms. The lowest BCUT2D eigenvalue weighted by Crippen LogP contribution is -2.32. The maximum absolute atomic E-state index is 13.2. The van der Waals surface area contributed by atoms with Crippen molar-refractivity contribution in [1.82, 2.24) is 5.32 Å². The van der Waals surface area contributed by atoms with E-state index in [0.29, 0.717) is 0 Å². The van der Waals surface area contributed by atoms with Crippen LogP contribution in [0, 0.1) is 12.7 Å². The predicted molar refractivity (Wildman–Crippen MR) is 73.3 cm³/mol. The highest BCUT2D eigenvalue weighted by Gasteiger charge is 2.24. The van der Waals surface area contributed by atoms with Gasteiger partial charge in [0, 0.05) is 13.2 Å². The number of nitrogens with one attached hydrogen (secondary N) is 1. The summed E-state index contributed by atoms with van der Waals surface area (Å²) < 4.78 is 18.6. The fourth-order valence-electron chi connectivity index (χ4n) is 2.14. The highest BCUT2D eigenvalue weighted by molar-refractivity contribution is 5.29. The van der Waals surface area contributed by atoms with Crippen LogP contribution in [0.1, 0.15) is 44.4 Å². The molecule has 0 spiro atoms. The van der Waals surface area contributed by atoms with Crippen LogP contribution in [-0.2, 0) is 4.74 Å². The molecule has 2 nitrogen and oxygen atoms in total. The van der Waals surface area contributed by atoms with Crippen LogP contribution in [0.15, 0.2) is 18.2 Å². The van der Waals surface area contributed by atoms with E-state index in [1.54, 1.807) is 13.2 Å². The minimum absolute atomic E-state index is 0.183. The van der Waals surface area contributed by atoms with E-state index in [0.717, 1.165) is 24.1 Å². The van der Waals surface area contributed by atoms with E-state index >= 15 is 0 Å². The van der Waals surface area contributed by atoms with Gasteiger partial charge in [-0.05, 0) is 57.0 Å². The molecule has 1 rings (SSSR count). The number of aryl methyl sites for hydroxylation is 1. The highest BCUT2D eigenvalue weighted by Crippen LogP contribution is 2.28. The molecule has 0 saturated heterocycles. The summed E-state index contributed by atoms with van der Waals surface area (Å²) in [5, 5.41) is 3.45. The van der Waals surface area contributed by atoms with Gasteiger partial charge in [-0.25, -0.2) is 4.39 Å². The average Bonchev–Trinajstić information content (AvgIpc) is 2.28. The van der Waals surface area contributed by atoms with Gasteiger partial charge in [0.2, 0.25) is 0 Å². The summed E-state index contributed by atoms with van der Waals surface area (Å²) in [6, 6.07) is 5.15. The number of rotatable bonds is 6. The Bertz CT molecular complexity index is 390. The maximum Gasteiger partial charge on any atom is 0.123 e. The summed E-state index contributed by atoms with van der Waals surface area (Å²) in [5.74, 6) is -0.183. The molecule has 1 unspecified atom stereocenters. The average molecular weight is 253 g/mol. The molecule has 0 aliphatic carbocycles. The molecule has 0 aliphatic rings. The Morgan fingerprint density at radius 1 is 1.39 bits per heavy atom. The first-order chi connectivity index (χ1) is 8.39. The Morgan fingerprint density at radius 3 is 2.56 bits per heavy atom. The molecule has 0 heterocycles. The topological polar surface area (TPSA) is 21.3 Å². The molecule has 0 aromatic heterocycles. The van der Waals surface area contributed by atoms with Gasteiger partial charge in [0.1, 0.15) is 5.82 Å². The van der Waals surface area contributed by atoms with Crippen molar-refractivity contribution in [2.45, 2.75) is 45.8 Å². The van der Waals surface area contributed by atoms with E-state index in [1.807, 2.05) is 13.0 Å². The van der Waals surface area contributed by atoms with Crippen LogP contribution in [0.4, 0.5) is 4.39 Å². The van der Waals surface area contributed by atoms with Gasteiger partial charge in [-0.2, -0.15) is 0 Å². The minimum Gasteiger partial charge on any atom is -0.379 e. The second-order valence-electron chi connectivity index (χ2n) is 5.28. The third-order valence-electron chi connectivity index (χ3n) is 3.31. The molecule has 0 amide bonds. The highest BCUT2D eigenvalue weighted by atomic mass is 19.1. The molecule has 1 aromatic carbocycles. The number of ether oxygens (including phenoxy) is 1. The van der Waals surface area contributed by atoms with Crippen molar-refractivity contribution >= 4 is 0 Å². The fourth-order valence-corrected chi connectivity index (χ4v) is 2.14. The van der Waals surface area contributed by atoms with Crippen molar-refractivity contribution in [1.29, 1.82) is 0 Å². The van der Waals surface area contributed by atoms with E-state index < -0.39 is 0 Å². The zero-order valence-corrected chi connectivity index (χ0v) is 12.0. The quantitative estimate of drug-likeness (QED) is 0.836.